The molecule has 0 unspecified atom stereocenters. The third-order valence-electron chi connectivity index (χ3n) is 4.25. The van der Waals surface area contributed by atoms with Crippen LogP contribution in [0.4, 0.5) is 23.7 Å². The minimum Gasteiger partial charge on any atom is -0.476 e. The Kier molecular flexibility index (Phi) is 6.49. The van der Waals surface area contributed by atoms with Crippen molar-refractivity contribution in [2.45, 2.75) is 12.7 Å². The van der Waals surface area contributed by atoms with Gasteiger partial charge in [0.2, 0.25) is 5.88 Å². The first-order chi connectivity index (χ1) is 14.6. The van der Waals surface area contributed by atoms with E-state index in [2.05, 4.69) is 25.6 Å². The maximum absolute atomic E-state index is 13.0. The molecule has 166 valence electrons. The van der Waals surface area contributed by atoms with Gasteiger partial charge in [0.05, 0.1) is 16.7 Å². The molecular weight excluding hydrogens is 417 g/mol. The first-order valence-electron chi connectivity index (χ1n) is 9.24. The summed E-state index contributed by atoms with van der Waals surface area (Å²) in [6.45, 7) is 0.488. The lowest BCUT2D eigenvalue weighted by Gasteiger charge is -2.16. The Morgan fingerprint density at radius 2 is 1.97 bits per heavy atom. The number of amides is 2. The predicted molar refractivity (Wildman–Crippen MR) is 108 cm³/mol. The van der Waals surface area contributed by atoms with Crippen molar-refractivity contribution < 1.29 is 22.7 Å². The highest BCUT2D eigenvalue weighted by Crippen LogP contribution is 2.30. The third kappa shape index (κ3) is 5.75. The van der Waals surface area contributed by atoms with E-state index in [1.165, 1.54) is 6.07 Å². The van der Waals surface area contributed by atoms with Crippen molar-refractivity contribution in [3.63, 3.8) is 0 Å². The third-order valence-corrected chi connectivity index (χ3v) is 4.25. The maximum atomic E-state index is 13.0. The number of aromatic amines is 2. The summed E-state index contributed by atoms with van der Waals surface area (Å²) in [6, 6.07) is 6.35. The predicted octanol–water partition coefficient (Wildman–Crippen LogP) is 2.53. The second-order valence-corrected chi connectivity index (χ2v) is 6.93. The van der Waals surface area contributed by atoms with Crippen molar-refractivity contribution in [1.82, 2.24) is 25.2 Å². The van der Waals surface area contributed by atoms with E-state index in [9.17, 15) is 22.8 Å². The second kappa shape index (κ2) is 9.08. The molecule has 2 aromatic heterocycles. The quantitative estimate of drug-likeness (QED) is 0.453. The van der Waals surface area contributed by atoms with Gasteiger partial charge >= 0.3 is 17.9 Å². The molecule has 12 heteroatoms. The highest BCUT2D eigenvalue weighted by Gasteiger charge is 2.33. The van der Waals surface area contributed by atoms with Crippen LogP contribution in [0.15, 0.2) is 35.1 Å². The standard InChI is InChI=1S/C19H21F3N6O3/c1-28(2)8-9-31-16-11(6-7-14(26-16)19(20,21)22)10-23-17(29)24-12-4-3-5-13-15(12)27-18(30)25-13/h3-7H,8-10H2,1-2H3,(H2,23,24,29)(H2,25,27,30). The number of likely N-dealkylation sites (N-methyl/N-ethyl adjacent to an activating group) is 1. The number of benzene rings is 1. The first-order valence-corrected chi connectivity index (χ1v) is 9.24. The number of rotatable bonds is 7. The fourth-order valence-corrected chi connectivity index (χ4v) is 2.72. The topological polar surface area (TPSA) is 115 Å². The number of aromatic nitrogens is 3. The van der Waals surface area contributed by atoms with Gasteiger partial charge in [-0.3, -0.25) is 0 Å². The Balaban J connectivity index is 1.71. The maximum Gasteiger partial charge on any atom is 0.433 e. The monoisotopic (exact) mass is 438 g/mol. The minimum absolute atomic E-state index is 0.117. The van der Waals surface area contributed by atoms with E-state index in [1.54, 1.807) is 32.3 Å². The summed E-state index contributed by atoms with van der Waals surface area (Å²) in [5.41, 5.74) is 0.0954. The number of pyridine rings is 1. The van der Waals surface area contributed by atoms with E-state index in [-0.39, 0.29) is 24.6 Å². The average molecular weight is 438 g/mol. The van der Waals surface area contributed by atoms with Gasteiger partial charge in [0, 0.05) is 18.7 Å². The smallest absolute Gasteiger partial charge is 0.433 e. The van der Waals surface area contributed by atoms with Gasteiger partial charge in [-0.05, 0) is 38.4 Å². The van der Waals surface area contributed by atoms with Crippen LogP contribution in [0, 0.1) is 0 Å². The Hall–Kier alpha value is -3.54. The summed E-state index contributed by atoms with van der Waals surface area (Å²) >= 11 is 0. The molecule has 0 aliphatic heterocycles. The summed E-state index contributed by atoms with van der Waals surface area (Å²) < 4.78 is 44.4. The molecule has 0 spiro atoms. The molecule has 0 aliphatic rings. The Morgan fingerprint density at radius 3 is 2.68 bits per heavy atom. The number of fused-ring (bicyclic) bond motifs is 1. The molecule has 0 aliphatic carbocycles. The van der Waals surface area contributed by atoms with Crippen LogP contribution in [0.25, 0.3) is 11.0 Å². The number of nitrogens with zero attached hydrogens (tertiary/aromatic N) is 2. The van der Waals surface area contributed by atoms with Gasteiger partial charge in [-0.15, -0.1) is 0 Å². The molecule has 1 aromatic carbocycles. The van der Waals surface area contributed by atoms with Crippen LogP contribution in [0.3, 0.4) is 0 Å². The number of carbonyl (C=O) groups excluding carboxylic acids is 1. The summed E-state index contributed by atoms with van der Waals surface area (Å²) in [5, 5.41) is 5.15. The molecule has 0 radical (unpaired) electrons. The van der Waals surface area contributed by atoms with Crippen LogP contribution in [0.5, 0.6) is 5.88 Å². The first kappa shape index (κ1) is 22.2. The normalized spacial score (nSPS) is 11.7. The number of alkyl halides is 3. The van der Waals surface area contributed by atoms with Crippen molar-refractivity contribution in [2.75, 3.05) is 32.6 Å². The number of urea groups is 1. The molecule has 4 N–H and O–H groups in total. The number of imidazole rings is 1. The average Bonchev–Trinajstić information content (AvgIpc) is 3.07. The number of carbonyl (C=O) groups is 1. The van der Waals surface area contributed by atoms with E-state index in [0.717, 1.165) is 6.07 Å². The van der Waals surface area contributed by atoms with E-state index in [0.29, 0.717) is 23.3 Å². The fourth-order valence-electron chi connectivity index (χ4n) is 2.72. The van der Waals surface area contributed by atoms with Crippen LogP contribution in [-0.4, -0.2) is 53.1 Å². The summed E-state index contributed by atoms with van der Waals surface area (Å²) in [7, 11) is 3.60. The Bertz CT molecular complexity index is 1120. The Labute approximate surface area is 174 Å². The molecule has 31 heavy (non-hydrogen) atoms. The van der Waals surface area contributed by atoms with E-state index in [4.69, 9.17) is 4.74 Å². The van der Waals surface area contributed by atoms with E-state index in [1.807, 2.05) is 4.90 Å². The van der Waals surface area contributed by atoms with Crippen molar-refractivity contribution in [1.29, 1.82) is 0 Å². The lowest BCUT2D eigenvalue weighted by Crippen LogP contribution is -2.29. The molecular formula is C19H21F3N6O3. The second-order valence-electron chi connectivity index (χ2n) is 6.93. The van der Waals surface area contributed by atoms with Crippen LogP contribution < -0.4 is 21.1 Å². The summed E-state index contributed by atoms with van der Waals surface area (Å²) in [6.07, 6.45) is -4.62. The number of para-hydroxylation sites is 1. The zero-order valence-corrected chi connectivity index (χ0v) is 16.8. The van der Waals surface area contributed by atoms with Crippen molar-refractivity contribution >= 4 is 22.8 Å². The number of nitrogens with one attached hydrogen (secondary N) is 4. The van der Waals surface area contributed by atoms with Gasteiger partial charge in [0.25, 0.3) is 0 Å². The number of anilines is 1. The highest BCUT2D eigenvalue weighted by molar-refractivity contribution is 5.98. The zero-order valence-electron chi connectivity index (χ0n) is 16.8. The highest BCUT2D eigenvalue weighted by atomic mass is 19.4. The lowest BCUT2D eigenvalue weighted by molar-refractivity contribution is -0.141. The number of H-pyrrole nitrogens is 2. The van der Waals surface area contributed by atoms with E-state index < -0.39 is 23.6 Å². The van der Waals surface area contributed by atoms with Crippen molar-refractivity contribution in [3.05, 3.63) is 52.1 Å². The van der Waals surface area contributed by atoms with Crippen molar-refractivity contribution in [3.8, 4) is 5.88 Å². The summed E-state index contributed by atoms with van der Waals surface area (Å²) in [5.74, 6) is -0.200. The van der Waals surface area contributed by atoms with Gasteiger partial charge in [0.15, 0.2) is 0 Å². The largest absolute Gasteiger partial charge is 0.476 e. The zero-order chi connectivity index (χ0) is 22.6. The molecule has 0 atom stereocenters. The van der Waals surface area contributed by atoms with Gasteiger partial charge in [-0.25, -0.2) is 14.6 Å². The van der Waals surface area contributed by atoms with Gasteiger partial charge in [-0.2, -0.15) is 13.2 Å². The SMILES string of the molecule is CN(C)CCOc1nc(C(F)(F)F)ccc1CNC(=O)Nc1cccc2[nH]c(=O)[nH]c12. The molecule has 0 bridgehead atoms. The molecule has 0 saturated carbocycles. The van der Waals surface area contributed by atoms with Crippen molar-refractivity contribution in [2.24, 2.45) is 0 Å². The lowest BCUT2D eigenvalue weighted by atomic mass is 10.2. The number of halogens is 3. The number of ether oxygens (including phenoxy) is 1. The molecule has 2 amide bonds. The fraction of sp³-hybridized carbons (Fsp3) is 0.316. The number of hydrogen-bond acceptors (Lipinski definition) is 5. The van der Waals surface area contributed by atoms with Gasteiger partial charge in [0.1, 0.15) is 12.3 Å². The molecule has 0 saturated heterocycles. The van der Waals surface area contributed by atoms with Crippen LogP contribution in [0.2, 0.25) is 0 Å². The number of hydrogen-bond donors (Lipinski definition) is 4. The van der Waals surface area contributed by atoms with E-state index >= 15 is 0 Å². The molecule has 3 rings (SSSR count). The van der Waals surface area contributed by atoms with Gasteiger partial charge in [-0.1, -0.05) is 6.07 Å². The Morgan fingerprint density at radius 1 is 1.19 bits per heavy atom. The minimum atomic E-state index is -4.62. The molecule has 0 fully saturated rings. The van der Waals surface area contributed by atoms with Crippen LogP contribution >= 0.6 is 0 Å². The molecule has 2 heterocycles. The summed E-state index contributed by atoms with van der Waals surface area (Å²) in [4.78, 5) is 34.3. The molecule has 3 aromatic rings. The van der Waals surface area contributed by atoms with Crippen LogP contribution in [0.1, 0.15) is 11.3 Å². The molecule has 9 nitrogen and oxygen atoms in total. The van der Waals surface area contributed by atoms with Crippen LogP contribution in [-0.2, 0) is 12.7 Å². The van der Waals surface area contributed by atoms with Gasteiger partial charge < -0.3 is 30.2 Å².